The van der Waals surface area contributed by atoms with E-state index in [1.165, 1.54) is 215 Å². The van der Waals surface area contributed by atoms with E-state index in [0.717, 1.165) is 64.6 Å². The molecule has 0 saturated carbocycles. The van der Waals surface area contributed by atoms with E-state index >= 15 is 0 Å². The summed E-state index contributed by atoms with van der Waals surface area (Å²) >= 11 is 3.76. The van der Waals surface area contributed by atoms with Crippen LogP contribution in [0.1, 0.15) is 51.2 Å². The molecule has 4 amide bonds. The van der Waals surface area contributed by atoms with Gasteiger partial charge in [-0.25, -0.2) is 0 Å². The van der Waals surface area contributed by atoms with Crippen LogP contribution in [0.5, 0.6) is 0 Å². The number of benzene rings is 22. The van der Waals surface area contributed by atoms with Crippen LogP contribution in [0.25, 0.3) is 260 Å². The van der Waals surface area contributed by atoms with Crippen molar-refractivity contribution < 1.29 is 19.2 Å². The molecule has 0 fully saturated rings. The molecule has 116 heavy (non-hydrogen) atoms. The molecule has 6 nitrogen and oxygen atoms in total. The minimum Gasteiger partial charge on any atom is -0.277 e. The largest absolute Gasteiger partial charge is 0.277 e. The standard InChI is InChI=1S/C55H29NO2.C53H29NO2S2/c1-56-54(57)42-26-22-38-34-18-16-32-36-20-24-40-50-41(25-21-37(48(36)50)33-17-19-35(47(34)46(32)33)39-23-27-43(55(56)58)51(42)49(38)39)53-45(29-12-6-3-7-13-29)31-15-9-8-14-30(31)44(52(40)53)28-10-4-2-5-11-28;1-24-8-22-40(57-24)48-26-6-4-5-7-27(26)49(41-23-9-25(2)58-41)51-37-19-15-33-29-11-13-31-35-17-21-39-47-38(52(55)54(3)53(39)56)20-16-34(45(35)47)30-12-10-28(42(29)43(30)31)32-14-18-36(50(48)51)46(37)44(32)33/h2-27H,1H3;4-23H,1-3H3. The molecular formula is C108H58N2O4S2. The summed E-state index contributed by atoms with van der Waals surface area (Å²) in [5.74, 6) is -0.993. The summed E-state index contributed by atoms with van der Waals surface area (Å²) in [6.45, 7) is 4.41. The molecule has 4 aliphatic rings. The van der Waals surface area contributed by atoms with Gasteiger partial charge in [0.2, 0.25) is 0 Å². The Labute approximate surface area is 669 Å². The van der Waals surface area contributed by atoms with Gasteiger partial charge in [-0.3, -0.25) is 29.0 Å². The zero-order valence-corrected chi connectivity index (χ0v) is 64.5. The Bertz CT molecular complexity index is 8370. The maximum Gasteiger partial charge on any atom is 0.261 e. The van der Waals surface area contributed by atoms with Gasteiger partial charge in [0.05, 0.1) is 0 Å². The lowest BCUT2D eigenvalue weighted by Crippen LogP contribution is -2.36. The lowest BCUT2D eigenvalue weighted by atomic mass is 9.81. The van der Waals surface area contributed by atoms with E-state index in [9.17, 15) is 19.2 Å². The number of carbonyl (C=O) groups is 4. The van der Waals surface area contributed by atoms with Crippen molar-refractivity contribution in [3.8, 4) is 87.6 Å². The van der Waals surface area contributed by atoms with E-state index < -0.39 is 0 Å². The molecule has 536 valence electrons. The summed E-state index contributed by atoms with van der Waals surface area (Å²) in [6.07, 6.45) is 0. The maximum atomic E-state index is 13.4. The summed E-state index contributed by atoms with van der Waals surface area (Å²) in [5.41, 5.74) is 20.5. The third-order valence-corrected chi connectivity index (χ3v) is 29.1. The van der Waals surface area contributed by atoms with Gasteiger partial charge in [0.25, 0.3) is 23.6 Å². The van der Waals surface area contributed by atoms with Crippen LogP contribution in [0.4, 0.5) is 0 Å². The van der Waals surface area contributed by atoms with Crippen molar-refractivity contribution in [2.75, 3.05) is 14.1 Å². The van der Waals surface area contributed by atoms with E-state index in [0.29, 0.717) is 22.3 Å². The van der Waals surface area contributed by atoms with Crippen molar-refractivity contribution >= 4 is 219 Å². The van der Waals surface area contributed by atoms with Gasteiger partial charge in [-0.15, -0.1) is 22.7 Å². The fraction of sp³-hybridized carbons (Fsp3) is 0.0370. The molecule has 24 aromatic rings. The van der Waals surface area contributed by atoms with Crippen molar-refractivity contribution in [1.29, 1.82) is 0 Å². The first-order chi connectivity index (χ1) is 56.9. The van der Waals surface area contributed by atoms with Crippen molar-refractivity contribution in [3.63, 3.8) is 0 Å². The number of hydrogen-bond acceptors (Lipinski definition) is 6. The summed E-state index contributed by atoms with van der Waals surface area (Å²) in [4.78, 5) is 61.3. The minimum atomic E-state index is -0.250. The number of rotatable bonds is 4. The number of aryl methyl sites for hydroxylation is 2. The highest BCUT2D eigenvalue weighted by Gasteiger charge is 2.39. The van der Waals surface area contributed by atoms with E-state index in [1.54, 1.807) is 14.1 Å². The average molecular weight is 1510 g/mol. The van der Waals surface area contributed by atoms with E-state index in [-0.39, 0.29) is 23.6 Å². The van der Waals surface area contributed by atoms with Gasteiger partial charge in [-0.1, -0.05) is 231 Å². The smallest absolute Gasteiger partial charge is 0.261 e. The molecule has 0 spiro atoms. The Morgan fingerprint density at radius 1 is 0.181 bits per heavy atom. The molecule has 0 saturated heterocycles. The van der Waals surface area contributed by atoms with Gasteiger partial charge in [0.1, 0.15) is 0 Å². The highest BCUT2D eigenvalue weighted by molar-refractivity contribution is 7.16. The Morgan fingerprint density at radius 2 is 0.379 bits per heavy atom. The van der Waals surface area contributed by atoms with Gasteiger partial charge in [-0.05, 0) is 280 Å². The van der Waals surface area contributed by atoms with E-state index in [2.05, 4.69) is 269 Å². The molecule has 2 aromatic heterocycles. The van der Waals surface area contributed by atoms with Crippen LogP contribution in [0, 0.1) is 13.8 Å². The van der Waals surface area contributed by atoms with Crippen LogP contribution in [0.15, 0.2) is 279 Å². The highest BCUT2D eigenvalue weighted by Crippen LogP contribution is 2.64. The number of amides is 4. The minimum absolute atomic E-state index is 0.247. The van der Waals surface area contributed by atoms with Crippen LogP contribution in [0.2, 0.25) is 0 Å². The second-order valence-corrected chi connectivity index (χ2v) is 35.0. The lowest BCUT2D eigenvalue weighted by Gasteiger charge is -2.26. The summed E-state index contributed by atoms with van der Waals surface area (Å²) in [5, 5.41) is 37.8. The normalized spacial score (nSPS) is 13.7. The SMILES string of the molecule is CN1C(=O)c2ccc3c4ccc5c6ccc7c8c(ccc(c9ccc(c%10ccc(c2c3%10)C1=O)c4c59)c86)-c1c-7c(-c2ccccc2)c2ccccc2c1-c1ccccc1.Cc1ccc(-c2c3c(c(-c4ccc(C)s4)c4ccccc24)-c2ccc4c5ccc6c7ccc8c9c(ccc(c%10ccc(c%11ccc-3c2c%114)c5c%106)c97)C(=O)N(C)C8=O)s1. The summed E-state index contributed by atoms with van der Waals surface area (Å²) in [7, 11) is 3.14. The molecule has 2 aliphatic heterocycles. The second-order valence-electron chi connectivity index (χ2n) is 32.4. The molecule has 22 aromatic carbocycles. The Hall–Kier alpha value is -14.3. The van der Waals surface area contributed by atoms with Crippen LogP contribution in [0.3, 0.4) is 0 Å². The monoisotopic (exact) mass is 1510 g/mol. The zero-order valence-electron chi connectivity index (χ0n) is 62.9. The Morgan fingerprint density at radius 3 is 0.621 bits per heavy atom. The van der Waals surface area contributed by atoms with Gasteiger partial charge in [0.15, 0.2) is 0 Å². The number of carbonyl (C=O) groups excluding carboxylic acids is 4. The fourth-order valence-corrected chi connectivity index (χ4v) is 24.3. The average Bonchev–Trinajstić information content (AvgIpc) is 1.34. The fourth-order valence-electron chi connectivity index (χ4n) is 22.4. The van der Waals surface area contributed by atoms with Crippen LogP contribution in [-0.2, 0) is 0 Å². The van der Waals surface area contributed by atoms with Crippen LogP contribution in [-0.4, -0.2) is 47.5 Å². The first-order valence-corrected chi connectivity index (χ1v) is 41.3. The van der Waals surface area contributed by atoms with E-state index in [1.807, 2.05) is 46.9 Å². The lowest BCUT2D eigenvalue weighted by molar-refractivity contribution is 0.0635. The van der Waals surface area contributed by atoms with E-state index in [4.69, 9.17) is 0 Å². The zero-order chi connectivity index (χ0) is 76.6. The quantitative estimate of drug-likeness (QED) is 0.1000. The molecular weight excluding hydrogens is 1450 g/mol. The third kappa shape index (κ3) is 7.59. The number of imide groups is 2. The highest BCUT2D eigenvalue weighted by atomic mass is 32.1. The van der Waals surface area contributed by atoms with Crippen LogP contribution >= 0.6 is 22.7 Å². The van der Waals surface area contributed by atoms with Gasteiger partial charge >= 0.3 is 0 Å². The van der Waals surface area contributed by atoms with Gasteiger partial charge < -0.3 is 0 Å². The summed E-state index contributed by atoms with van der Waals surface area (Å²) in [6, 6.07) is 102. The third-order valence-electron chi connectivity index (χ3n) is 27.0. The number of fused-ring (bicyclic) bond motifs is 16. The Balaban J connectivity index is 0.000000124. The first-order valence-electron chi connectivity index (χ1n) is 39.6. The molecule has 0 bridgehead atoms. The van der Waals surface area contributed by atoms with Gasteiger partial charge in [-0.2, -0.15) is 0 Å². The molecule has 4 heterocycles. The maximum absolute atomic E-state index is 13.4. The number of hydrogen-bond donors (Lipinski definition) is 0. The molecule has 0 unspecified atom stereocenters. The molecule has 0 radical (unpaired) electrons. The first kappa shape index (κ1) is 63.3. The second kappa shape index (κ2) is 21.9. The summed E-state index contributed by atoms with van der Waals surface area (Å²) < 4.78 is 0. The predicted octanol–water partition coefficient (Wildman–Crippen LogP) is 28.7. The molecule has 8 heteroatoms. The van der Waals surface area contributed by atoms with Crippen molar-refractivity contribution in [1.82, 2.24) is 9.80 Å². The topological polar surface area (TPSA) is 74.8 Å². The molecule has 0 N–H and O–H groups in total. The van der Waals surface area contributed by atoms with Crippen molar-refractivity contribution in [2.24, 2.45) is 0 Å². The molecule has 28 rings (SSSR count). The van der Waals surface area contributed by atoms with Crippen molar-refractivity contribution in [3.05, 3.63) is 311 Å². The van der Waals surface area contributed by atoms with Crippen LogP contribution < -0.4 is 0 Å². The number of nitrogens with zero attached hydrogens (tertiary/aromatic N) is 2. The molecule has 0 atom stereocenters. The Kier molecular flexibility index (Phi) is 12.0. The van der Waals surface area contributed by atoms with Gasteiger partial charge in [0, 0.05) is 88.9 Å². The number of thiophene rings is 2. The molecule has 2 aliphatic carbocycles. The van der Waals surface area contributed by atoms with Crippen molar-refractivity contribution in [2.45, 2.75) is 13.8 Å². The predicted molar refractivity (Wildman–Crippen MR) is 486 cm³/mol.